The Morgan fingerprint density at radius 1 is 1.10 bits per heavy atom. The van der Waals surface area contributed by atoms with Crippen molar-refractivity contribution in [2.75, 3.05) is 0 Å². The number of esters is 1. The van der Waals surface area contributed by atoms with Crippen molar-refractivity contribution in [2.45, 2.75) is 13.0 Å². The second kappa shape index (κ2) is 7.63. The van der Waals surface area contributed by atoms with Crippen LogP contribution in [0, 0.1) is 10.1 Å². The smallest absolute Gasteiger partial charge is 0.342 e. The Morgan fingerprint density at radius 2 is 1.83 bits per heavy atom. The van der Waals surface area contributed by atoms with Crippen molar-refractivity contribution >= 4 is 22.4 Å². The van der Waals surface area contributed by atoms with Crippen LogP contribution in [0.2, 0.25) is 0 Å². The highest BCUT2D eigenvalue weighted by atomic mass is 16.6. The van der Waals surface area contributed by atoms with E-state index in [2.05, 4.69) is 10.2 Å². The molecule has 3 aromatic carbocycles. The molecule has 0 fully saturated rings. The summed E-state index contributed by atoms with van der Waals surface area (Å²) in [5.41, 5.74) is 0.455. The molecular weight excluding hydrogens is 390 g/mol. The van der Waals surface area contributed by atoms with Crippen molar-refractivity contribution < 1.29 is 24.0 Å². The Bertz CT molecular complexity index is 1250. The molecule has 9 nitrogen and oxygen atoms in total. The number of carbonyl (C=O) groups excluding carboxylic acids is 1. The Labute approximate surface area is 169 Å². The van der Waals surface area contributed by atoms with E-state index in [9.17, 15) is 20.0 Å². The summed E-state index contributed by atoms with van der Waals surface area (Å²) in [7, 11) is 0. The van der Waals surface area contributed by atoms with Crippen LogP contribution in [0.5, 0.6) is 5.75 Å². The fourth-order valence-corrected chi connectivity index (χ4v) is 2.94. The first-order chi connectivity index (χ1) is 14.4. The van der Waals surface area contributed by atoms with Gasteiger partial charge in [-0.25, -0.2) is 4.79 Å². The van der Waals surface area contributed by atoms with Crippen LogP contribution in [-0.4, -0.2) is 26.2 Å². The molecule has 1 N–H and O–H groups in total. The molecule has 4 aromatic rings. The minimum absolute atomic E-state index is 0.0238. The topological polar surface area (TPSA) is 129 Å². The molecule has 0 saturated heterocycles. The van der Waals surface area contributed by atoms with Gasteiger partial charge < -0.3 is 14.3 Å². The van der Waals surface area contributed by atoms with E-state index < -0.39 is 17.0 Å². The number of non-ortho nitro benzene ring substituents is 1. The first-order valence-corrected chi connectivity index (χ1v) is 8.94. The van der Waals surface area contributed by atoms with Crippen molar-refractivity contribution in [2.24, 2.45) is 0 Å². The summed E-state index contributed by atoms with van der Waals surface area (Å²) in [6, 6.07) is 16.0. The van der Waals surface area contributed by atoms with Gasteiger partial charge in [0.2, 0.25) is 5.89 Å². The molecule has 0 saturated carbocycles. The third kappa shape index (κ3) is 3.55. The van der Waals surface area contributed by atoms with Gasteiger partial charge in [-0.2, -0.15) is 0 Å². The van der Waals surface area contributed by atoms with Crippen LogP contribution in [0.4, 0.5) is 5.69 Å². The number of hydrogen-bond donors (Lipinski definition) is 1. The van der Waals surface area contributed by atoms with E-state index in [4.69, 9.17) is 9.15 Å². The number of hydrogen-bond acceptors (Lipinski definition) is 8. The highest BCUT2D eigenvalue weighted by molar-refractivity contribution is 6.01. The summed E-state index contributed by atoms with van der Waals surface area (Å²) in [6.07, 6.45) is -0.873. The molecule has 0 aliphatic carbocycles. The summed E-state index contributed by atoms with van der Waals surface area (Å²) < 4.78 is 10.9. The molecule has 1 atom stereocenters. The lowest BCUT2D eigenvalue weighted by molar-refractivity contribution is -0.384. The SMILES string of the molecule is C[C@H](OC(=O)c1ccc2ccccc2c1O)c1nnc(-c2ccc([N+](=O)[O-])cc2)o1. The van der Waals surface area contributed by atoms with E-state index in [0.29, 0.717) is 10.9 Å². The molecule has 1 heterocycles. The van der Waals surface area contributed by atoms with Crippen molar-refractivity contribution in [3.8, 4) is 17.2 Å². The maximum Gasteiger partial charge on any atom is 0.342 e. The third-order valence-corrected chi connectivity index (χ3v) is 4.52. The van der Waals surface area contributed by atoms with Crippen molar-refractivity contribution in [1.82, 2.24) is 10.2 Å². The largest absolute Gasteiger partial charge is 0.506 e. The summed E-state index contributed by atoms with van der Waals surface area (Å²) in [4.78, 5) is 22.8. The van der Waals surface area contributed by atoms with Crippen LogP contribution < -0.4 is 0 Å². The van der Waals surface area contributed by atoms with Crippen LogP contribution in [0.25, 0.3) is 22.2 Å². The first-order valence-electron chi connectivity index (χ1n) is 8.94. The lowest BCUT2D eigenvalue weighted by atomic mass is 10.1. The molecule has 0 bridgehead atoms. The number of aromatic nitrogens is 2. The van der Waals surface area contributed by atoms with E-state index in [0.717, 1.165) is 5.39 Å². The van der Waals surface area contributed by atoms with Gasteiger partial charge in [-0.15, -0.1) is 10.2 Å². The van der Waals surface area contributed by atoms with Gasteiger partial charge in [0.25, 0.3) is 11.6 Å². The average Bonchev–Trinajstić information content (AvgIpc) is 3.24. The van der Waals surface area contributed by atoms with Crippen LogP contribution in [-0.2, 0) is 4.74 Å². The number of fused-ring (bicyclic) bond motifs is 1. The number of nitro groups is 1. The molecule has 150 valence electrons. The highest BCUT2D eigenvalue weighted by Crippen LogP contribution is 2.31. The molecule has 4 rings (SSSR count). The Balaban J connectivity index is 1.52. The number of phenols is 1. The summed E-state index contributed by atoms with van der Waals surface area (Å²) in [5, 5.41) is 30.3. The maximum atomic E-state index is 12.5. The molecule has 1 aromatic heterocycles. The van der Waals surface area contributed by atoms with Crippen LogP contribution >= 0.6 is 0 Å². The zero-order valence-corrected chi connectivity index (χ0v) is 15.7. The molecular formula is C21H15N3O6. The lowest BCUT2D eigenvalue weighted by Crippen LogP contribution is -2.10. The highest BCUT2D eigenvalue weighted by Gasteiger charge is 2.22. The predicted molar refractivity (Wildman–Crippen MR) is 106 cm³/mol. The molecule has 0 radical (unpaired) electrons. The standard InChI is InChI=1S/C21H15N3O6/c1-12(19-22-23-20(30-19)14-6-9-15(10-7-14)24(27)28)29-21(26)17-11-8-13-4-2-3-5-16(13)18(17)25/h2-12,25H,1H3/t12-/m0/s1. The van der Waals surface area contributed by atoms with E-state index in [1.165, 1.54) is 30.3 Å². The molecule has 0 aliphatic rings. The summed E-state index contributed by atoms with van der Waals surface area (Å²) >= 11 is 0. The number of nitro benzene ring substituents is 1. The second-order valence-corrected chi connectivity index (χ2v) is 6.48. The number of nitrogens with zero attached hydrogens (tertiary/aromatic N) is 3. The van der Waals surface area contributed by atoms with Gasteiger partial charge in [0.15, 0.2) is 6.10 Å². The number of benzene rings is 3. The summed E-state index contributed by atoms with van der Waals surface area (Å²) in [6.45, 7) is 1.56. The first kappa shape index (κ1) is 19.1. The van der Waals surface area contributed by atoms with Gasteiger partial charge in [0.05, 0.1) is 4.92 Å². The van der Waals surface area contributed by atoms with Crippen LogP contribution in [0.3, 0.4) is 0 Å². The van der Waals surface area contributed by atoms with Gasteiger partial charge in [0.1, 0.15) is 11.3 Å². The maximum absolute atomic E-state index is 12.5. The number of aromatic hydroxyl groups is 1. The third-order valence-electron chi connectivity index (χ3n) is 4.52. The van der Waals surface area contributed by atoms with Gasteiger partial charge in [-0.05, 0) is 30.5 Å². The minimum atomic E-state index is -0.873. The average molecular weight is 405 g/mol. The summed E-state index contributed by atoms with van der Waals surface area (Å²) in [5.74, 6) is -0.712. The van der Waals surface area contributed by atoms with Crippen molar-refractivity contribution in [3.05, 3.63) is 82.2 Å². The zero-order valence-electron chi connectivity index (χ0n) is 15.7. The van der Waals surface area contributed by atoms with Gasteiger partial charge in [-0.1, -0.05) is 30.3 Å². The molecule has 0 amide bonds. The lowest BCUT2D eigenvalue weighted by Gasteiger charge is -2.11. The number of ether oxygens (including phenoxy) is 1. The number of phenolic OH excluding ortho intramolecular Hbond substituents is 1. The van der Waals surface area contributed by atoms with Gasteiger partial charge in [0, 0.05) is 23.1 Å². The van der Waals surface area contributed by atoms with Gasteiger partial charge >= 0.3 is 5.97 Å². The van der Waals surface area contributed by atoms with Gasteiger partial charge in [-0.3, -0.25) is 10.1 Å². The second-order valence-electron chi connectivity index (χ2n) is 6.48. The number of carbonyl (C=O) groups is 1. The normalized spacial score (nSPS) is 11.9. The molecule has 9 heteroatoms. The zero-order chi connectivity index (χ0) is 21.3. The van der Waals surface area contributed by atoms with E-state index in [1.54, 1.807) is 25.1 Å². The van der Waals surface area contributed by atoms with E-state index in [-0.39, 0.29) is 28.8 Å². The fourth-order valence-electron chi connectivity index (χ4n) is 2.94. The van der Waals surface area contributed by atoms with E-state index in [1.807, 2.05) is 12.1 Å². The molecule has 0 unspecified atom stereocenters. The van der Waals surface area contributed by atoms with Crippen LogP contribution in [0.1, 0.15) is 29.3 Å². The number of rotatable bonds is 5. The van der Waals surface area contributed by atoms with Crippen molar-refractivity contribution in [1.29, 1.82) is 0 Å². The Hall–Kier alpha value is -4.27. The monoisotopic (exact) mass is 405 g/mol. The fraction of sp³-hybridized carbons (Fsp3) is 0.0952. The Morgan fingerprint density at radius 3 is 2.57 bits per heavy atom. The molecule has 0 aliphatic heterocycles. The van der Waals surface area contributed by atoms with E-state index >= 15 is 0 Å². The minimum Gasteiger partial charge on any atom is -0.506 e. The predicted octanol–water partition coefficient (Wildman–Crippen LogP) is 4.42. The quantitative estimate of drug-likeness (QED) is 0.293. The molecule has 0 spiro atoms. The Kier molecular flexibility index (Phi) is 4.85. The van der Waals surface area contributed by atoms with Crippen molar-refractivity contribution in [3.63, 3.8) is 0 Å². The van der Waals surface area contributed by atoms with Crippen LogP contribution in [0.15, 0.2) is 65.1 Å². The molecule has 30 heavy (non-hydrogen) atoms.